The highest BCUT2D eigenvalue weighted by Gasteiger charge is 2.40. The Hall–Kier alpha value is -2.61. The second-order valence-corrected chi connectivity index (χ2v) is 5.96. The molecule has 1 saturated heterocycles. The fraction of sp³-hybridized carbons (Fsp3) is 0.438. The maximum absolute atomic E-state index is 12.3. The fourth-order valence-electron chi connectivity index (χ4n) is 2.71. The smallest absolute Gasteiger partial charge is 0.311 e. The zero-order valence-electron chi connectivity index (χ0n) is 13.3. The number of rotatable bonds is 5. The van der Waals surface area contributed by atoms with Crippen molar-refractivity contribution < 1.29 is 23.8 Å². The van der Waals surface area contributed by atoms with E-state index in [4.69, 9.17) is 9.15 Å². The molecule has 0 bridgehead atoms. The molecule has 1 amide bonds. The van der Waals surface area contributed by atoms with Crippen LogP contribution >= 0.6 is 0 Å². The third kappa shape index (κ3) is 3.18. The van der Waals surface area contributed by atoms with Crippen molar-refractivity contribution in [2.45, 2.75) is 19.8 Å². The van der Waals surface area contributed by atoms with Crippen LogP contribution in [0.5, 0.6) is 0 Å². The van der Waals surface area contributed by atoms with Gasteiger partial charge in [-0.3, -0.25) is 14.7 Å². The Labute approximate surface area is 138 Å². The molecule has 0 unspecified atom stereocenters. The molecule has 3 N–H and O–H groups in total. The first-order chi connectivity index (χ1) is 11.5. The lowest BCUT2D eigenvalue weighted by molar-refractivity contribution is -0.154. The van der Waals surface area contributed by atoms with Gasteiger partial charge in [-0.2, -0.15) is 5.10 Å². The number of aromatic nitrogens is 2. The lowest BCUT2D eigenvalue weighted by atomic mass is 9.80. The molecule has 1 aliphatic rings. The number of carbonyl (C=O) groups is 2. The topological polar surface area (TPSA) is 117 Å². The van der Waals surface area contributed by atoms with Crippen molar-refractivity contribution in [3.8, 4) is 11.5 Å². The van der Waals surface area contributed by atoms with Crippen LogP contribution < -0.4 is 5.32 Å². The zero-order valence-corrected chi connectivity index (χ0v) is 13.3. The van der Waals surface area contributed by atoms with Gasteiger partial charge in [0.25, 0.3) is 5.91 Å². The molecule has 0 aliphatic carbocycles. The van der Waals surface area contributed by atoms with Gasteiger partial charge < -0.3 is 19.6 Å². The zero-order chi connectivity index (χ0) is 17.2. The average molecular weight is 333 g/mol. The van der Waals surface area contributed by atoms with Crippen LogP contribution in [0.2, 0.25) is 0 Å². The molecule has 0 aromatic carbocycles. The van der Waals surface area contributed by atoms with E-state index in [9.17, 15) is 14.7 Å². The van der Waals surface area contributed by atoms with Crippen molar-refractivity contribution in [1.82, 2.24) is 15.5 Å². The molecule has 3 heterocycles. The van der Waals surface area contributed by atoms with Crippen LogP contribution in [0.1, 0.15) is 29.1 Å². The molecule has 1 aliphatic heterocycles. The van der Waals surface area contributed by atoms with Gasteiger partial charge in [0.1, 0.15) is 11.5 Å². The van der Waals surface area contributed by atoms with Gasteiger partial charge in [-0.15, -0.1) is 0 Å². The highest BCUT2D eigenvalue weighted by Crippen LogP contribution is 2.30. The molecular formula is C16H19N3O5. The summed E-state index contributed by atoms with van der Waals surface area (Å²) in [4.78, 5) is 23.8. The van der Waals surface area contributed by atoms with Crippen LogP contribution in [-0.4, -0.2) is 46.9 Å². The lowest BCUT2D eigenvalue weighted by Crippen LogP contribution is -2.46. The van der Waals surface area contributed by atoms with Crippen LogP contribution in [-0.2, 0) is 9.53 Å². The predicted molar refractivity (Wildman–Crippen MR) is 83.5 cm³/mol. The number of H-pyrrole nitrogens is 1. The summed E-state index contributed by atoms with van der Waals surface area (Å²) in [6.45, 7) is 2.64. The van der Waals surface area contributed by atoms with E-state index in [0.717, 1.165) is 5.76 Å². The van der Waals surface area contributed by atoms with E-state index < -0.39 is 17.3 Å². The van der Waals surface area contributed by atoms with Crippen LogP contribution in [0.15, 0.2) is 22.6 Å². The number of hydrogen-bond donors (Lipinski definition) is 3. The second-order valence-electron chi connectivity index (χ2n) is 5.96. The summed E-state index contributed by atoms with van der Waals surface area (Å²) in [5.74, 6) is 0.00627. The minimum Gasteiger partial charge on any atom is -0.481 e. The van der Waals surface area contributed by atoms with Crippen molar-refractivity contribution in [1.29, 1.82) is 0 Å². The van der Waals surface area contributed by atoms with Gasteiger partial charge in [-0.25, -0.2) is 0 Å². The fourth-order valence-corrected chi connectivity index (χ4v) is 2.71. The SMILES string of the molecule is Cc1ccc(-c2cc(C(=O)NCC3(C(=O)O)CCOCC3)n[nH]2)o1. The number of carboxylic acid groups (broad SMARTS) is 1. The molecule has 3 rings (SSSR count). The summed E-state index contributed by atoms with van der Waals surface area (Å²) in [5.41, 5.74) is -0.204. The first-order valence-corrected chi connectivity index (χ1v) is 7.72. The number of nitrogens with zero attached hydrogens (tertiary/aromatic N) is 1. The van der Waals surface area contributed by atoms with E-state index in [1.54, 1.807) is 12.1 Å². The van der Waals surface area contributed by atoms with E-state index in [2.05, 4.69) is 15.5 Å². The summed E-state index contributed by atoms with van der Waals surface area (Å²) in [5, 5.41) is 18.9. The molecular weight excluding hydrogens is 314 g/mol. The molecule has 1 fully saturated rings. The standard InChI is InChI=1S/C16H19N3O5/c1-10-2-3-13(24-10)11-8-12(19-18-11)14(20)17-9-16(15(21)22)4-6-23-7-5-16/h2-3,8H,4-7,9H2,1H3,(H,17,20)(H,18,19)(H,21,22). The second kappa shape index (κ2) is 6.48. The Kier molecular flexibility index (Phi) is 4.39. The van der Waals surface area contributed by atoms with E-state index in [0.29, 0.717) is 37.5 Å². The van der Waals surface area contributed by atoms with E-state index in [1.165, 1.54) is 0 Å². The minimum absolute atomic E-state index is 0.0482. The van der Waals surface area contributed by atoms with Gasteiger partial charge in [0, 0.05) is 25.8 Å². The molecule has 0 radical (unpaired) electrons. The van der Waals surface area contributed by atoms with Crippen LogP contribution in [0, 0.1) is 12.3 Å². The van der Waals surface area contributed by atoms with Crippen molar-refractivity contribution >= 4 is 11.9 Å². The van der Waals surface area contributed by atoms with Crippen molar-refractivity contribution in [3.05, 3.63) is 29.7 Å². The number of nitrogens with one attached hydrogen (secondary N) is 2. The molecule has 2 aromatic heterocycles. The Balaban J connectivity index is 1.67. The number of amides is 1. The molecule has 0 saturated carbocycles. The van der Waals surface area contributed by atoms with Gasteiger partial charge in [0.15, 0.2) is 11.5 Å². The summed E-state index contributed by atoms with van der Waals surface area (Å²) >= 11 is 0. The van der Waals surface area contributed by atoms with Gasteiger partial charge in [-0.05, 0) is 31.9 Å². The normalized spacial score (nSPS) is 16.7. The third-order valence-corrected chi connectivity index (χ3v) is 4.31. The highest BCUT2D eigenvalue weighted by molar-refractivity contribution is 5.93. The number of hydrogen-bond acceptors (Lipinski definition) is 5. The number of aryl methyl sites for hydroxylation is 1. The number of carboxylic acids is 1. The van der Waals surface area contributed by atoms with Crippen molar-refractivity contribution in [3.63, 3.8) is 0 Å². The minimum atomic E-state index is -0.981. The lowest BCUT2D eigenvalue weighted by Gasteiger charge is -2.32. The number of furan rings is 1. The number of aliphatic carboxylic acids is 1. The Morgan fingerprint density at radius 2 is 2.12 bits per heavy atom. The third-order valence-electron chi connectivity index (χ3n) is 4.31. The summed E-state index contributed by atoms with van der Waals surface area (Å²) in [7, 11) is 0. The monoisotopic (exact) mass is 333 g/mol. The first-order valence-electron chi connectivity index (χ1n) is 7.72. The van der Waals surface area contributed by atoms with Crippen LogP contribution in [0.3, 0.4) is 0 Å². The Bertz CT molecular complexity index is 742. The molecule has 0 spiro atoms. The molecule has 128 valence electrons. The largest absolute Gasteiger partial charge is 0.481 e. The number of ether oxygens (including phenoxy) is 1. The molecule has 2 aromatic rings. The number of carbonyl (C=O) groups excluding carboxylic acids is 1. The Morgan fingerprint density at radius 3 is 2.75 bits per heavy atom. The van der Waals surface area contributed by atoms with E-state index >= 15 is 0 Å². The molecule has 0 atom stereocenters. The van der Waals surface area contributed by atoms with Crippen molar-refractivity contribution in [2.75, 3.05) is 19.8 Å². The summed E-state index contributed by atoms with van der Waals surface area (Å²) in [6.07, 6.45) is 0.750. The first kappa shape index (κ1) is 16.3. The van der Waals surface area contributed by atoms with Gasteiger partial charge in [0.05, 0.1) is 5.41 Å². The molecule has 8 heteroatoms. The average Bonchev–Trinajstić information content (AvgIpc) is 3.22. The summed E-state index contributed by atoms with van der Waals surface area (Å²) < 4.78 is 10.7. The van der Waals surface area contributed by atoms with Gasteiger partial charge in [-0.1, -0.05) is 0 Å². The Morgan fingerprint density at radius 1 is 1.38 bits per heavy atom. The van der Waals surface area contributed by atoms with Gasteiger partial charge >= 0.3 is 5.97 Å². The van der Waals surface area contributed by atoms with Gasteiger partial charge in [0.2, 0.25) is 0 Å². The molecule has 8 nitrogen and oxygen atoms in total. The summed E-state index contributed by atoms with van der Waals surface area (Å²) in [6, 6.07) is 5.18. The van der Waals surface area contributed by atoms with Crippen molar-refractivity contribution in [2.24, 2.45) is 5.41 Å². The van der Waals surface area contributed by atoms with Crippen LogP contribution in [0.25, 0.3) is 11.5 Å². The molecule has 24 heavy (non-hydrogen) atoms. The van der Waals surface area contributed by atoms with E-state index in [-0.39, 0.29) is 12.2 Å². The highest BCUT2D eigenvalue weighted by atomic mass is 16.5. The maximum Gasteiger partial charge on any atom is 0.311 e. The van der Waals surface area contributed by atoms with E-state index in [1.807, 2.05) is 13.0 Å². The number of aromatic amines is 1. The maximum atomic E-state index is 12.3. The predicted octanol–water partition coefficient (Wildman–Crippen LogP) is 1.59. The van der Waals surface area contributed by atoms with Crippen LogP contribution in [0.4, 0.5) is 0 Å². The quantitative estimate of drug-likeness (QED) is 0.765.